The number of hydrogen-bond donors (Lipinski definition) is 1. The van der Waals surface area contributed by atoms with Gasteiger partial charge in [-0.25, -0.2) is 0 Å². The highest BCUT2D eigenvalue weighted by atomic mass is 32.2. The lowest BCUT2D eigenvalue weighted by Crippen LogP contribution is -1.95. The first-order valence-corrected chi connectivity index (χ1v) is 6.19. The van der Waals surface area contributed by atoms with Gasteiger partial charge in [-0.1, -0.05) is 12.1 Å². The second kappa shape index (κ2) is 3.49. The van der Waals surface area contributed by atoms with Gasteiger partial charge in [0.25, 0.3) is 0 Å². The van der Waals surface area contributed by atoms with E-state index in [9.17, 15) is 0 Å². The largest absolute Gasteiger partial charge is 0.495 e. The molecule has 1 aliphatic rings. The fourth-order valence-electron chi connectivity index (χ4n) is 2.15. The fourth-order valence-corrected chi connectivity index (χ4v) is 3.30. The van der Waals surface area contributed by atoms with Crippen molar-refractivity contribution in [1.82, 2.24) is 4.98 Å². The Hall–Kier alpha value is -1.09. The maximum absolute atomic E-state index is 5.36. The number of thioether (sulfide) groups is 1. The molecule has 3 rings (SSSR count). The average Bonchev–Trinajstić information content (AvgIpc) is 2.67. The van der Waals surface area contributed by atoms with Gasteiger partial charge >= 0.3 is 0 Å². The summed E-state index contributed by atoms with van der Waals surface area (Å²) in [7, 11) is 1.72. The number of H-pyrrole nitrogens is 1. The van der Waals surface area contributed by atoms with Crippen LogP contribution < -0.4 is 4.74 Å². The molecule has 0 bridgehead atoms. The molecule has 0 atom stereocenters. The minimum atomic E-state index is 0.947. The highest BCUT2D eigenvalue weighted by Gasteiger charge is 2.17. The van der Waals surface area contributed by atoms with Crippen LogP contribution in [0.4, 0.5) is 0 Å². The number of aromatic amines is 1. The van der Waals surface area contributed by atoms with Crippen molar-refractivity contribution in [1.29, 1.82) is 0 Å². The summed E-state index contributed by atoms with van der Waals surface area (Å²) in [5.74, 6) is 2.18. The topological polar surface area (TPSA) is 25.0 Å². The summed E-state index contributed by atoms with van der Waals surface area (Å²) in [6, 6.07) is 6.24. The molecule has 1 N–H and O–H groups in total. The van der Waals surface area contributed by atoms with E-state index in [0.29, 0.717) is 0 Å². The number of aromatic nitrogens is 1. The first kappa shape index (κ1) is 9.16. The Labute approximate surface area is 93.0 Å². The number of ether oxygens (including phenoxy) is 1. The Morgan fingerprint density at radius 2 is 2.33 bits per heavy atom. The molecule has 0 saturated heterocycles. The molecule has 3 heteroatoms. The van der Waals surface area contributed by atoms with Gasteiger partial charge in [-0.3, -0.25) is 0 Å². The zero-order valence-electron chi connectivity index (χ0n) is 8.67. The quantitative estimate of drug-likeness (QED) is 0.796. The van der Waals surface area contributed by atoms with E-state index in [2.05, 4.69) is 17.1 Å². The molecule has 15 heavy (non-hydrogen) atoms. The maximum atomic E-state index is 5.36. The Balaban J connectivity index is 2.31. The molecular formula is C12H13NOS. The highest BCUT2D eigenvalue weighted by molar-refractivity contribution is 7.99. The number of benzene rings is 1. The van der Waals surface area contributed by atoms with Crippen LogP contribution in [-0.4, -0.2) is 17.8 Å². The van der Waals surface area contributed by atoms with Crippen LogP contribution in [0.15, 0.2) is 23.1 Å². The molecule has 0 fully saturated rings. The summed E-state index contributed by atoms with van der Waals surface area (Å²) < 4.78 is 5.36. The summed E-state index contributed by atoms with van der Waals surface area (Å²) in [5, 5.41) is 1.31. The van der Waals surface area contributed by atoms with Crippen LogP contribution in [-0.2, 0) is 6.42 Å². The van der Waals surface area contributed by atoms with Crippen molar-refractivity contribution in [3.05, 3.63) is 23.9 Å². The predicted octanol–water partition coefficient (Wildman–Crippen LogP) is 3.21. The third kappa shape index (κ3) is 1.34. The maximum Gasteiger partial charge on any atom is 0.142 e. The number of rotatable bonds is 1. The number of methoxy groups -OCH3 is 1. The third-order valence-corrected chi connectivity index (χ3v) is 4.11. The zero-order chi connectivity index (χ0) is 10.3. The summed E-state index contributed by atoms with van der Waals surface area (Å²) in [6.07, 6.45) is 2.44. The molecule has 2 heterocycles. The van der Waals surface area contributed by atoms with E-state index in [4.69, 9.17) is 4.74 Å². The minimum Gasteiger partial charge on any atom is -0.495 e. The van der Waals surface area contributed by atoms with Crippen LogP contribution in [0.1, 0.15) is 12.1 Å². The van der Waals surface area contributed by atoms with Crippen LogP contribution in [0, 0.1) is 0 Å². The molecule has 0 spiro atoms. The molecule has 1 aromatic heterocycles. The second-order valence-corrected chi connectivity index (χ2v) is 4.87. The first-order valence-electron chi connectivity index (χ1n) is 5.20. The van der Waals surface area contributed by atoms with Gasteiger partial charge in [0.15, 0.2) is 0 Å². The van der Waals surface area contributed by atoms with E-state index in [1.807, 2.05) is 17.8 Å². The van der Waals surface area contributed by atoms with Gasteiger partial charge in [-0.05, 0) is 24.7 Å². The smallest absolute Gasteiger partial charge is 0.142 e. The summed E-state index contributed by atoms with van der Waals surface area (Å²) in [5.41, 5.74) is 2.53. The summed E-state index contributed by atoms with van der Waals surface area (Å²) in [4.78, 5) is 4.92. The SMILES string of the molecule is COc1cccc2c3c([nH]c12)CCCS3. The Morgan fingerprint density at radius 3 is 3.20 bits per heavy atom. The fraction of sp³-hybridized carbons (Fsp3) is 0.333. The lowest BCUT2D eigenvalue weighted by Gasteiger charge is -2.09. The lowest BCUT2D eigenvalue weighted by atomic mass is 10.2. The van der Waals surface area contributed by atoms with Crippen molar-refractivity contribution in [3.8, 4) is 5.75 Å². The number of nitrogens with one attached hydrogen (secondary N) is 1. The molecule has 2 aromatic rings. The Kier molecular flexibility index (Phi) is 2.13. The van der Waals surface area contributed by atoms with E-state index >= 15 is 0 Å². The van der Waals surface area contributed by atoms with Gasteiger partial charge in [-0.2, -0.15) is 0 Å². The van der Waals surface area contributed by atoms with Crippen LogP contribution in [0.25, 0.3) is 10.9 Å². The van der Waals surface area contributed by atoms with E-state index in [-0.39, 0.29) is 0 Å². The average molecular weight is 219 g/mol. The van der Waals surface area contributed by atoms with Gasteiger partial charge in [0.2, 0.25) is 0 Å². The lowest BCUT2D eigenvalue weighted by molar-refractivity contribution is 0.419. The van der Waals surface area contributed by atoms with Crippen LogP contribution in [0.5, 0.6) is 5.75 Å². The second-order valence-electron chi connectivity index (χ2n) is 3.77. The molecule has 0 unspecified atom stereocenters. The molecule has 78 valence electrons. The summed E-state index contributed by atoms with van der Waals surface area (Å²) >= 11 is 1.96. The summed E-state index contributed by atoms with van der Waals surface area (Å²) in [6.45, 7) is 0. The van der Waals surface area contributed by atoms with Gasteiger partial charge in [0, 0.05) is 16.0 Å². The van der Waals surface area contributed by atoms with Crippen molar-refractivity contribution in [2.45, 2.75) is 17.7 Å². The minimum absolute atomic E-state index is 0.947. The number of para-hydroxylation sites is 1. The van der Waals surface area contributed by atoms with Gasteiger partial charge in [0.1, 0.15) is 5.75 Å². The van der Waals surface area contributed by atoms with Crippen molar-refractivity contribution in [3.63, 3.8) is 0 Å². The van der Waals surface area contributed by atoms with E-state index in [1.165, 1.54) is 34.6 Å². The van der Waals surface area contributed by atoms with Crippen LogP contribution in [0.3, 0.4) is 0 Å². The van der Waals surface area contributed by atoms with Gasteiger partial charge < -0.3 is 9.72 Å². The molecule has 0 amide bonds. The third-order valence-electron chi connectivity index (χ3n) is 2.86. The van der Waals surface area contributed by atoms with Crippen LogP contribution in [0.2, 0.25) is 0 Å². The Bertz CT molecular complexity index is 504. The van der Waals surface area contributed by atoms with Crippen molar-refractivity contribution < 1.29 is 4.74 Å². The molecule has 0 aliphatic carbocycles. The van der Waals surface area contributed by atoms with Crippen molar-refractivity contribution >= 4 is 22.7 Å². The van der Waals surface area contributed by atoms with Crippen molar-refractivity contribution in [2.75, 3.05) is 12.9 Å². The normalized spacial score (nSPS) is 15.3. The van der Waals surface area contributed by atoms with E-state index in [1.54, 1.807) is 7.11 Å². The molecule has 2 nitrogen and oxygen atoms in total. The first-order chi connectivity index (χ1) is 7.40. The number of aryl methyl sites for hydroxylation is 1. The number of fused-ring (bicyclic) bond motifs is 3. The molecule has 0 radical (unpaired) electrons. The van der Waals surface area contributed by atoms with Gasteiger partial charge in [-0.15, -0.1) is 11.8 Å². The standard InChI is InChI=1S/C12H13NOS/c1-14-10-6-2-4-8-11(10)13-9-5-3-7-15-12(8)9/h2,4,6,13H,3,5,7H2,1H3. The molecular weight excluding hydrogens is 206 g/mol. The van der Waals surface area contributed by atoms with Gasteiger partial charge in [0.05, 0.1) is 12.6 Å². The Morgan fingerprint density at radius 1 is 1.40 bits per heavy atom. The highest BCUT2D eigenvalue weighted by Crippen LogP contribution is 2.39. The van der Waals surface area contributed by atoms with Crippen LogP contribution >= 0.6 is 11.8 Å². The molecule has 1 aliphatic heterocycles. The van der Waals surface area contributed by atoms with E-state index < -0.39 is 0 Å². The predicted molar refractivity (Wildman–Crippen MR) is 63.9 cm³/mol. The van der Waals surface area contributed by atoms with E-state index in [0.717, 1.165) is 11.3 Å². The monoisotopic (exact) mass is 219 g/mol. The van der Waals surface area contributed by atoms with Crippen molar-refractivity contribution in [2.24, 2.45) is 0 Å². The molecule has 0 saturated carbocycles. The zero-order valence-corrected chi connectivity index (χ0v) is 9.49. The number of hydrogen-bond acceptors (Lipinski definition) is 2. The molecule has 1 aromatic carbocycles.